The predicted molar refractivity (Wildman–Crippen MR) is 127 cm³/mol. The SMILES string of the molecule is CCOC(=O)C(Cc1ccccc1OCCC=C1c2ncccc2-c2cccnc21)OCC. The maximum Gasteiger partial charge on any atom is 0.335 e. The lowest BCUT2D eigenvalue weighted by Gasteiger charge is -2.17. The van der Waals surface area contributed by atoms with E-state index in [-0.39, 0.29) is 5.97 Å². The molecular weight excluding hydrogens is 416 g/mol. The minimum Gasteiger partial charge on any atom is -0.493 e. The molecule has 3 aromatic rings. The monoisotopic (exact) mass is 444 g/mol. The van der Waals surface area contributed by atoms with Crippen molar-refractivity contribution in [3.8, 4) is 16.9 Å². The average molecular weight is 445 g/mol. The van der Waals surface area contributed by atoms with Gasteiger partial charge in [0, 0.05) is 48.5 Å². The molecule has 1 unspecified atom stereocenters. The fourth-order valence-electron chi connectivity index (χ4n) is 4.01. The van der Waals surface area contributed by atoms with Gasteiger partial charge in [0.1, 0.15) is 5.75 Å². The quantitative estimate of drug-likeness (QED) is 0.257. The lowest BCUT2D eigenvalue weighted by molar-refractivity contribution is -0.156. The highest BCUT2D eigenvalue weighted by molar-refractivity contribution is 5.98. The van der Waals surface area contributed by atoms with Crippen LogP contribution in [-0.4, -0.2) is 41.9 Å². The minimum absolute atomic E-state index is 0.325. The highest BCUT2D eigenvalue weighted by Gasteiger charge is 2.25. The molecule has 1 aliphatic carbocycles. The molecule has 0 amide bonds. The molecule has 33 heavy (non-hydrogen) atoms. The van der Waals surface area contributed by atoms with Crippen LogP contribution in [0.3, 0.4) is 0 Å². The van der Waals surface area contributed by atoms with Gasteiger partial charge in [0.2, 0.25) is 0 Å². The van der Waals surface area contributed by atoms with Gasteiger partial charge in [0.15, 0.2) is 6.10 Å². The average Bonchev–Trinajstić information content (AvgIpc) is 3.16. The van der Waals surface area contributed by atoms with Crippen LogP contribution in [0, 0.1) is 0 Å². The van der Waals surface area contributed by atoms with Gasteiger partial charge in [-0.05, 0) is 37.6 Å². The number of carbonyl (C=O) groups is 1. The molecule has 170 valence electrons. The van der Waals surface area contributed by atoms with Gasteiger partial charge in [0.25, 0.3) is 0 Å². The first-order chi connectivity index (χ1) is 16.2. The van der Waals surface area contributed by atoms with E-state index in [4.69, 9.17) is 14.2 Å². The van der Waals surface area contributed by atoms with Crippen molar-refractivity contribution in [2.24, 2.45) is 0 Å². The Kier molecular flexibility index (Phi) is 7.47. The first-order valence-corrected chi connectivity index (χ1v) is 11.3. The van der Waals surface area contributed by atoms with Crippen molar-refractivity contribution in [2.75, 3.05) is 19.8 Å². The smallest absolute Gasteiger partial charge is 0.335 e. The number of pyridine rings is 2. The number of fused-ring (bicyclic) bond motifs is 3. The van der Waals surface area contributed by atoms with E-state index in [0.717, 1.165) is 39.4 Å². The van der Waals surface area contributed by atoms with E-state index in [1.54, 1.807) is 6.92 Å². The summed E-state index contributed by atoms with van der Waals surface area (Å²) in [5, 5.41) is 0. The molecule has 0 aliphatic heterocycles. The number of hydrogen-bond acceptors (Lipinski definition) is 6. The van der Waals surface area contributed by atoms with Crippen LogP contribution in [0.2, 0.25) is 0 Å². The normalized spacial score (nSPS) is 12.6. The Morgan fingerprint density at radius 2 is 1.64 bits per heavy atom. The Hall–Kier alpha value is -3.51. The van der Waals surface area contributed by atoms with Crippen molar-refractivity contribution >= 4 is 11.5 Å². The van der Waals surface area contributed by atoms with Crippen molar-refractivity contribution in [1.29, 1.82) is 0 Å². The highest BCUT2D eigenvalue weighted by Crippen LogP contribution is 2.41. The number of nitrogens with zero attached hydrogens (tertiary/aromatic N) is 2. The van der Waals surface area contributed by atoms with Crippen LogP contribution in [0.25, 0.3) is 16.7 Å². The second kappa shape index (κ2) is 10.9. The van der Waals surface area contributed by atoms with Crippen LogP contribution < -0.4 is 4.74 Å². The lowest BCUT2D eigenvalue weighted by atomic mass is 10.1. The summed E-state index contributed by atoms with van der Waals surface area (Å²) in [6, 6.07) is 15.8. The molecule has 2 aromatic heterocycles. The third-order valence-corrected chi connectivity index (χ3v) is 5.43. The molecule has 0 spiro atoms. The summed E-state index contributed by atoms with van der Waals surface area (Å²) in [5.41, 5.74) is 6.09. The Morgan fingerprint density at radius 3 is 2.30 bits per heavy atom. The molecule has 0 bridgehead atoms. The summed E-state index contributed by atoms with van der Waals surface area (Å²) in [4.78, 5) is 21.4. The molecule has 0 radical (unpaired) electrons. The zero-order valence-electron chi connectivity index (χ0n) is 19.0. The summed E-state index contributed by atoms with van der Waals surface area (Å²) in [6.07, 6.45) is 6.20. The van der Waals surface area contributed by atoms with Gasteiger partial charge in [-0.2, -0.15) is 0 Å². The predicted octanol–water partition coefficient (Wildman–Crippen LogP) is 4.87. The Labute approximate surface area is 194 Å². The highest BCUT2D eigenvalue weighted by atomic mass is 16.6. The van der Waals surface area contributed by atoms with Crippen LogP contribution in [0.5, 0.6) is 5.75 Å². The molecule has 0 N–H and O–H groups in total. The van der Waals surface area contributed by atoms with Gasteiger partial charge in [-0.15, -0.1) is 0 Å². The van der Waals surface area contributed by atoms with Gasteiger partial charge >= 0.3 is 5.97 Å². The standard InChI is InChI=1S/C27H28N2O4/c1-3-31-24(27(30)32-4-2)18-19-10-5-6-14-23(19)33-17-9-13-22-25-20(11-7-15-28-25)21-12-8-16-29-26(21)22/h5-8,10-16,24H,3-4,9,17-18H2,1-2H3. The molecular formula is C27H28N2O4. The van der Waals surface area contributed by atoms with Crippen LogP contribution >= 0.6 is 0 Å². The maximum atomic E-state index is 12.2. The number of rotatable bonds is 10. The Balaban J connectivity index is 1.45. The summed E-state index contributed by atoms with van der Waals surface area (Å²) < 4.78 is 16.9. The van der Waals surface area contributed by atoms with E-state index >= 15 is 0 Å². The first kappa shape index (κ1) is 22.7. The second-order valence-corrected chi connectivity index (χ2v) is 7.56. The molecule has 6 heteroatoms. The van der Waals surface area contributed by atoms with Crippen LogP contribution in [0.15, 0.2) is 67.0 Å². The lowest BCUT2D eigenvalue weighted by Crippen LogP contribution is -2.29. The second-order valence-electron chi connectivity index (χ2n) is 7.56. The van der Waals surface area contributed by atoms with Crippen molar-refractivity contribution in [1.82, 2.24) is 9.97 Å². The van der Waals surface area contributed by atoms with Crippen molar-refractivity contribution < 1.29 is 19.0 Å². The van der Waals surface area contributed by atoms with Gasteiger partial charge < -0.3 is 14.2 Å². The van der Waals surface area contributed by atoms with E-state index < -0.39 is 6.10 Å². The van der Waals surface area contributed by atoms with Gasteiger partial charge in [0.05, 0.1) is 24.6 Å². The van der Waals surface area contributed by atoms with E-state index in [2.05, 4.69) is 28.2 Å². The van der Waals surface area contributed by atoms with Crippen molar-refractivity contribution in [2.45, 2.75) is 32.8 Å². The number of carbonyl (C=O) groups excluding carboxylic acids is 1. The van der Waals surface area contributed by atoms with Gasteiger partial charge in [-0.3, -0.25) is 9.97 Å². The number of benzene rings is 1. The summed E-state index contributed by atoms with van der Waals surface area (Å²) in [7, 11) is 0. The molecule has 0 saturated heterocycles. The van der Waals surface area contributed by atoms with Crippen LogP contribution in [0.1, 0.15) is 37.2 Å². The number of ether oxygens (including phenoxy) is 3. The summed E-state index contributed by atoms with van der Waals surface area (Å²) in [6.45, 7) is 4.91. The van der Waals surface area contributed by atoms with E-state index in [9.17, 15) is 4.79 Å². The Bertz CT molecular complexity index is 1090. The number of hydrogen-bond donors (Lipinski definition) is 0. The zero-order valence-corrected chi connectivity index (χ0v) is 19.0. The van der Waals surface area contributed by atoms with E-state index in [1.165, 1.54) is 0 Å². The molecule has 1 aromatic carbocycles. The third kappa shape index (κ3) is 5.12. The van der Waals surface area contributed by atoms with E-state index in [0.29, 0.717) is 32.7 Å². The zero-order chi connectivity index (χ0) is 23.0. The maximum absolute atomic E-state index is 12.2. The van der Waals surface area contributed by atoms with Crippen LogP contribution in [-0.2, 0) is 20.7 Å². The molecule has 1 atom stereocenters. The number of aromatic nitrogens is 2. The van der Waals surface area contributed by atoms with Gasteiger partial charge in [-0.1, -0.05) is 36.4 Å². The molecule has 6 nitrogen and oxygen atoms in total. The topological polar surface area (TPSA) is 70.5 Å². The molecule has 4 rings (SSSR count). The summed E-state index contributed by atoms with van der Waals surface area (Å²) >= 11 is 0. The number of esters is 1. The molecule has 0 fully saturated rings. The molecule has 1 aliphatic rings. The van der Waals surface area contributed by atoms with Crippen molar-refractivity contribution in [3.05, 3.63) is 84.0 Å². The van der Waals surface area contributed by atoms with Crippen LogP contribution in [0.4, 0.5) is 0 Å². The Morgan fingerprint density at radius 1 is 0.939 bits per heavy atom. The fourth-order valence-corrected chi connectivity index (χ4v) is 4.01. The van der Waals surface area contributed by atoms with E-state index in [1.807, 2.05) is 55.7 Å². The van der Waals surface area contributed by atoms with Gasteiger partial charge in [-0.25, -0.2) is 4.79 Å². The molecule has 0 saturated carbocycles. The van der Waals surface area contributed by atoms with Crippen molar-refractivity contribution in [3.63, 3.8) is 0 Å². The summed E-state index contributed by atoms with van der Waals surface area (Å²) in [5.74, 6) is 0.394. The third-order valence-electron chi connectivity index (χ3n) is 5.43. The minimum atomic E-state index is -0.648. The largest absolute Gasteiger partial charge is 0.493 e. The first-order valence-electron chi connectivity index (χ1n) is 11.3. The number of para-hydroxylation sites is 1. The fraction of sp³-hybridized carbons (Fsp3) is 0.296. The molecule has 2 heterocycles.